The Morgan fingerprint density at radius 2 is 1.18 bits per heavy atom. The maximum Gasteiger partial charge on any atom is 0.224 e. The molecule has 40 heavy (non-hydrogen) atoms. The predicted molar refractivity (Wildman–Crippen MR) is 152 cm³/mol. The molecule has 0 aromatic rings. The first kappa shape index (κ1) is 41.7. The van der Waals surface area contributed by atoms with Crippen LogP contribution in [0.15, 0.2) is 0 Å². The third-order valence-corrected chi connectivity index (χ3v) is 6.65. The van der Waals surface area contributed by atoms with E-state index >= 15 is 0 Å². The number of rotatable bonds is 15. The average Bonchev–Trinajstić information content (AvgIpc) is 3.25. The van der Waals surface area contributed by atoms with Gasteiger partial charge in [0.2, 0.25) is 5.79 Å². The zero-order chi connectivity index (χ0) is 30.0. The second-order valence-electron chi connectivity index (χ2n) is 8.90. The largest absolute Gasteiger partial charge is 0.393 e. The third-order valence-electron chi connectivity index (χ3n) is 6.65. The highest BCUT2D eigenvalue weighted by molar-refractivity contribution is 5.01. The molecule has 1 N–H and O–H groups in total. The van der Waals surface area contributed by atoms with E-state index in [1.807, 2.05) is 27.7 Å². The minimum Gasteiger partial charge on any atom is -0.393 e. The van der Waals surface area contributed by atoms with Crippen LogP contribution in [0.3, 0.4) is 0 Å². The first-order valence-corrected chi connectivity index (χ1v) is 13.6. The van der Waals surface area contributed by atoms with E-state index in [4.69, 9.17) is 57.2 Å². The van der Waals surface area contributed by atoms with Crippen molar-refractivity contribution in [2.24, 2.45) is 0 Å². The van der Waals surface area contributed by atoms with Crippen molar-refractivity contribution in [3.05, 3.63) is 0 Å². The maximum absolute atomic E-state index is 8.67. The van der Waals surface area contributed by atoms with Gasteiger partial charge in [-0.3, -0.25) is 0 Å². The van der Waals surface area contributed by atoms with Gasteiger partial charge >= 0.3 is 0 Å². The van der Waals surface area contributed by atoms with Gasteiger partial charge in [0.25, 0.3) is 0 Å². The van der Waals surface area contributed by atoms with Crippen LogP contribution in [0.1, 0.15) is 48.0 Å². The summed E-state index contributed by atoms with van der Waals surface area (Å²) in [4.78, 5) is 0. The zero-order valence-electron chi connectivity index (χ0n) is 26.2. The Bertz CT molecular complexity index is 581. The number of aliphatic hydroxyl groups is 1. The summed E-state index contributed by atoms with van der Waals surface area (Å²) in [5.41, 5.74) is 0. The van der Waals surface area contributed by atoms with Gasteiger partial charge in [0, 0.05) is 56.9 Å². The van der Waals surface area contributed by atoms with Crippen molar-refractivity contribution in [3.8, 4) is 0 Å². The van der Waals surface area contributed by atoms with Gasteiger partial charge in [0.15, 0.2) is 6.29 Å². The molecule has 0 saturated carbocycles. The van der Waals surface area contributed by atoms with E-state index in [0.29, 0.717) is 0 Å². The van der Waals surface area contributed by atoms with Gasteiger partial charge in [-0.25, -0.2) is 0 Å². The molecule has 0 radical (unpaired) electrons. The molecule has 0 aliphatic carbocycles. The molecule has 2 saturated heterocycles. The van der Waals surface area contributed by atoms with Crippen LogP contribution in [0.25, 0.3) is 0 Å². The number of aliphatic hydroxyl groups excluding tert-OH is 1. The van der Waals surface area contributed by atoms with Crippen LogP contribution in [-0.2, 0) is 52.1 Å². The first-order valence-electron chi connectivity index (χ1n) is 13.6. The molecule has 0 aromatic carbocycles. The normalized spacial score (nSPS) is 33.5. The minimum absolute atomic E-state index is 0. The van der Waals surface area contributed by atoms with Gasteiger partial charge in [-0.2, -0.15) is 0 Å². The van der Waals surface area contributed by atoms with E-state index < -0.39 is 54.8 Å². The van der Waals surface area contributed by atoms with Gasteiger partial charge in [0.1, 0.15) is 49.3 Å². The van der Waals surface area contributed by atoms with Crippen molar-refractivity contribution in [2.75, 3.05) is 76.7 Å². The number of methoxy groups -OCH3 is 8. The van der Waals surface area contributed by atoms with Gasteiger partial charge < -0.3 is 57.2 Å². The lowest BCUT2D eigenvalue weighted by Crippen LogP contribution is -2.64. The smallest absolute Gasteiger partial charge is 0.224 e. The highest BCUT2D eigenvalue weighted by Crippen LogP contribution is 2.40. The van der Waals surface area contributed by atoms with Crippen molar-refractivity contribution in [2.45, 2.75) is 109 Å². The molecular weight excluding hydrogens is 528 g/mol. The Balaban J connectivity index is 0. The van der Waals surface area contributed by atoms with Crippen molar-refractivity contribution >= 4 is 0 Å². The van der Waals surface area contributed by atoms with E-state index in [2.05, 4.69) is 0 Å². The van der Waals surface area contributed by atoms with Crippen LogP contribution >= 0.6 is 0 Å². The van der Waals surface area contributed by atoms with Crippen LogP contribution in [-0.4, -0.2) is 143 Å². The van der Waals surface area contributed by atoms with E-state index in [9.17, 15) is 0 Å². The van der Waals surface area contributed by atoms with E-state index in [1.54, 1.807) is 56.9 Å². The lowest BCUT2D eigenvalue weighted by molar-refractivity contribution is -0.390. The minimum atomic E-state index is -1.34. The van der Waals surface area contributed by atoms with Gasteiger partial charge in [-0.15, -0.1) is 0 Å². The van der Waals surface area contributed by atoms with Gasteiger partial charge in [0.05, 0.1) is 19.3 Å². The Morgan fingerprint density at radius 1 is 0.675 bits per heavy atom. The molecule has 2 heterocycles. The molecule has 0 bridgehead atoms. The summed E-state index contributed by atoms with van der Waals surface area (Å²) in [6, 6.07) is 0. The molecule has 244 valence electrons. The molecular formula is C28H60O12. The van der Waals surface area contributed by atoms with Crippen LogP contribution in [0.4, 0.5) is 0 Å². The predicted octanol–water partition coefficient (Wildman–Crippen LogP) is 2.67. The maximum atomic E-state index is 8.67. The van der Waals surface area contributed by atoms with Crippen LogP contribution in [0.5, 0.6) is 0 Å². The summed E-state index contributed by atoms with van der Waals surface area (Å²) < 4.78 is 63.5. The summed E-state index contributed by atoms with van der Waals surface area (Å²) >= 11 is 0. The molecule has 12 nitrogen and oxygen atoms in total. The molecule has 0 spiro atoms. The van der Waals surface area contributed by atoms with Gasteiger partial charge in [-0.05, 0) is 12.8 Å². The van der Waals surface area contributed by atoms with Crippen LogP contribution in [0.2, 0.25) is 0 Å². The van der Waals surface area contributed by atoms with E-state index in [0.717, 1.165) is 12.8 Å². The second-order valence-corrected chi connectivity index (χ2v) is 8.90. The molecule has 3 unspecified atom stereocenters. The standard InChI is InChI=1S/C20H38O11.C5H12O.C2H6.CH4/c1-21-9-12-14(24-4)16(26-6)17(27-7)19(29-12)31-20(11-23-3)18(28-8)15(25-5)13(30-20)10-22-2;1-3-5(6)4-2;1-2;/h12-19H,9-11H2,1-8H3;5-6H,3-4H2,1-2H3;1-2H3;1H4/t12?,13-,14-,15+,16-,17?,18?,19+,20+;;;/m1.../s1. The highest BCUT2D eigenvalue weighted by Gasteiger charge is 2.60. The van der Waals surface area contributed by atoms with Crippen molar-refractivity contribution in [1.82, 2.24) is 0 Å². The first-order chi connectivity index (χ1) is 18.8. The van der Waals surface area contributed by atoms with E-state index in [-0.39, 0.29) is 33.4 Å². The molecule has 2 aliphatic rings. The number of hydrogen-bond donors (Lipinski definition) is 1. The molecule has 2 rings (SSSR count). The van der Waals surface area contributed by atoms with Crippen LogP contribution in [0, 0.1) is 0 Å². The van der Waals surface area contributed by atoms with Crippen LogP contribution < -0.4 is 0 Å². The Kier molecular flexibility index (Phi) is 24.0. The number of ether oxygens (including phenoxy) is 11. The Hall–Kier alpha value is -0.480. The zero-order valence-corrected chi connectivity index (χ0v) is 26.2. The fourth-order valence-electron chi connectivity index (χ4n) is 4.72. The second kappa shape index (κ2) is 23.0. The van der Waals surface area contributed by atoms with Crippen molar-refractivity contribution in [1.29, 1.82) is 0 Å². The van der Waals surface area contributed by atoms with Crippen molar-refractivity contribution in [3.63, 3.8) is 0 Å². The Labute approximate surface area is 243 Å². The lowest BCUT2D eigenvalue weighted by atomic mass is 9.98. The fourth-order valence-corrected chi connectivity index (χ4v) is 4.72. The molecule has 12 heteroatoms. The number of hydrogen-bond acceptors (Lipinski definition) is 12. The summed E-state index contributed by atoms with van der Waals surface area (Å²) in [7, 11) is 12.6. The fraction of sp³-hybridized carbons (Fsp3) is 1.00. The molecule has 9 atom stereocenters. The summed E-state index contributed by atoms with van der Waals surface area (Å²) in [6.45, 7) is 8.57. The van der Waals surface area contributed by atoms with E-state index in [1.165, 1.54) is 0 Å². The average molecular weight is 589 g/mol. The summed E-state index contributed by atoms with van der Waals surface area (Å²) in [5, 5.41) is 8.67. The third kappa shape index (κ3) is 11.0. The molecule has 0 aromatic heterocycles. The lowest BCUT2D eigenvalue weighted by Gasteiger charge is -2.47. The van der Waals surface area contributed by atoms with Gasteiger partial charge in [-0.1, -0.05) is 35.1 Å². The monoisotopic (exact) mass is 588 g/mol. The SMILES string of the molecule is C.CC.CCC(O)CC.COCC1O[C@@H](O[C@]2(COC)O[C@H](COC)[C@H](OC)C2OC)C(OC)[C@H](OC)[C@@H]1OC. The topological polar surface area (TPSA) is 122 Å². The molecule has 2 aliphatic heterocycles. The molecule has 2 fully saturated rings. The quantitative estimate of drug-likeness (QED) is 0.303. The Morgan fingerprint density at radius 3 is 1.55 bits per heavy atom. The van der Waals surface area contributed by atoms with Crippen molar-refractivity contribution < 1.29 is 57.2 Å². The molecule has 0 amide bonds. The highest BCUT2D eigenvalue weighted by atomic mass is 16.8. The summed E-state index contributed by atoms with van der Waals surface area (Å²) in [6.07, 6.45) is -2.71. The summed E-state index contributed by atoms with van der Waals surface area (Å²) in [5.74, 6) is -1.34.